The van der Waals surface area contributed by atoms with E-state index in [1.165, 1.54) is 11.1 Å². The summed E-state index contributed by atoms with van der Waals surface area (Å²) in [6.07, 6.45) is 1.80. The number of hydrogen-bond donors (Lipinski definition) is 2. The molecule has 0 amide bonds. The number of carboxylic acids is 1. The number of nitrogens with zero attached hydrogens (tertiary/aromatic N) is 1. The summed E-state index contributed by atoms with van der Waals surface area (Å²) < 4.78 is 1.93. The maximum absolute atomic E-state index is 12.4. The Balaban J connectivity index is 1.70. The van der Waals surface area contributed by atoms with Crippen LogP contribution in [0.3, 0.4) is 0 Å². The summed E-state index contributed by atoms with van der Waals surface area (Å²) in [7, 11) is 0. The molecule has 0 atom stereocenters. The number of rotatable bonds is 8. The predicted molar refractivity (Wildman–Crippen MR) is 131 cm³/mol. The molecule has 0 unspecified atom stereocenters. The molecule has 2 N–H and O–H groups in total. The molecule has 1 aromatic heterocycles. The van der Waals surface area contributed by atoms with Gasteiger partial charge in [-0.1, -0.05) is 78.9 Å². The van der Waals surface area contributed by atoms with Crippen LogP contribution in [0.5, 0.6) is 0 Å². The molecule has 4 nitrogen and oxygen atoms in total. The van der Waals surface area contributed by atoms with Gasteiger partial charge in [-0.25, -0.2) is 4.79 Å². The molecule has 4 aromatic rings. The Hall–Kier alpha value is -3.63. The lowest BCUT2D eigenvalue weighted by molar-refractivity contribution is 0.0684. The Bertz CT molecular complexity index is 1270. The Kier molecular flexibility index (Phi) is 6.24. The Morgan fingerprint density at radius 3 is 2.25 bits per heavy atom. The van der Waals surface area contributed by atoms with Crippen LogP contribution in [0.2, 0.25) is 0 Å². The van der Waals surface area contributed by atoms with E-state index in [0.717, 1.165) is 33.2 Å². The van der Waals surface area contributed by atoms with Crippen molar-refractivity contribution in [3.63, 3.8) is 0 Å². The van der Waals surface area contributed by atoms with Crippen LogP contribution in [0, 0.1) is 13.8 Å². The fraction of sp³-hybridized carbons (Fsp3) is 0.179. The average Bonchev–Trinajstić information content (AvgIpc) is 3.08. The van der Waals surface area contributed by atoms with Crippen molar-refractivity contribution < 1.29 is 9.90 Å². The number of benzene rings is 3. The lowest BCUT2D eigenvalue weighted by Gasteiger charge is -2.11. The van der Waals surface area contributed by atoms with Gasteiger partial charge < -0.3 is 15.0 Å². The topological polar surface area (TPSA) is 54.3 Å². The van der Waals surface area contributed by atoms with Crippen molar-refractivity contribution in [1.82, 2.24) is 9.88 Å². The third-order valence-corrected chi connectivity index (χ3v) is 5.84. The number of carboxylic acid groups (broad SMARTS) is 1. The summed E-state index contributed by atoms with van der Waals surface area (Å²) >= 11 is 0. The number of fused-ring (bicyclic) bond motifs is 1. The molecular weight excluding hydrogens is 396 g/mol. The summed E-state index contributed by atoms with van der Waals surface area (Å²) in [6, 6.07) is 22.6. The zero-order chi connectivity index (χ0) is 22.7. The molecule has 4 rings (SSSR count). The third kappa shape index (κ3) is 4.51. The molecule has 0 aliphatic carbocycles. The van der Waals surface area contributed by atoms with E-state index in [0.29, 0.717) is 25.3 Å². The highest BCUT2D eigenvalue weighted by Gasteiger charge is 2.22. The highest BCUT2D eigenvalue weighted by atomic mass is 16.4. The maximum atomic E-state index is 12.4. The Morgan fingerprint density at radius 2 is 1.59 bits per heavy atom. The van der Waals surface area contributed by atoms with Crippen LogP contribution < -0.4 is 5.32 Å². The van der Waals surface area contributed by atoms with Crippen LogP contribution >= 0.6 is 0 Å². The van der Waals surface area contributed by atoms with Gasteiger partial charge in [0.05, 0.1) is 0 Å². The zero-order valence-corrected chi connectivity index (χ0v) is 18.6. The lowest BCUT2D eigenvalue weighted by Crippen LogP contribution is -2.17. The first-order valence-electron chi connectivity index (χ1n) is 10.8. The second kappa shape index (κ2) is 9.25. The first-order valence-corrected chi connectivity index (χ1v) is 10.8. The number of carbonyl (C=O) groups is 1. The van der Waals surface area contributed by atoms with Crippen LogP contribution in [-0.2, 0) is 19.6 Å². The number of aryl methyl sites for hydroxylation is 2. The van der Waals surface area contributed by atoms with Gasteiger partial charge in [0.15, 0.2) is 0 Å². The molecule has 0 aliphatic heterocycles. The van der Waals surface area contributed by atoms with E-state index in [1.807, 2.05) is 47.9 Å². The summed E-state index contributed by atoms with van der Waals surface area (Å²) in [5, 5.41) is 14.6. The van der Waals surface area contributed by atoms with Crippen LogP contribution in [0.15, 0.2) is 73.3 Å². The fourth-order valence-corrected chi connectivity index (χ4v) is 4.10. The molecule has 0 radical (unpaired) electrons. The average molecular weight is 425 g/mol. The molecule has 0 saturated heterocycles. The second-order valence-electron chi connectivity index (χ2n) is 8.27. The first kappa shape index (κ1) is 21.6. The molecule has 0 saturated carbocycles. The van der Waals surface area contributed by atoms with Crippen molar-refractivity contribution in [3.05, 3.63) is 112 Å². The van der Waals surface area contributed by atoms with E-state index in [1.54, 1.807) is 6.08 Å². The van der Waals surface area contributed by atoms with Gasteiger partial charge >= 0.3 is 5.97 Å². The van der Waals surface area contributed by atoms with Crippen molar-refractivity contribution in [2.75, 3.05) is 0 Å². The summed E-state index contributed by atoms with van der Waals surface area (Å²) in [5.74, 6) is -0.909. The maximum Gasteiger partial charge on any atom is 0.352 e. The van der Waals surface area contributed by atoms with E-state index in [4.69, 9.17) is 0 Å². The summed E-state index contributed by atoms with van der Waals surface area (Å²) in [5.41, 5.74) is 7.71. The molecule has 0 bridgehead atoms. The fourth-order valence-electron chi connectivity index (χ4n) is 4.10. The van der Waals surface area contributed by atoms with Crippen LogP contribution in [-0.4, -0.2) is 15.6 Å². The first-order chi connectivity index (χ1) is 15.5. The second-order valence-corrected chi connectivity index (χ2v) is 8.27. The molecule has 3 aromatic carbocycles. The number of hydrogen-bond acceptors (Lipinski definition) is 2. The minimum absolute atomic E-state index is 0.342. The SMILES string of the molecule is C=Cc1ccc(Cn2c(C(=O)O)c(CNCc3ccc(C)cc3)c3ccc(C)cc32)cc1. The lowest BCUT2D eigenvalue weighted by atomic mass is 10.1. The molecule has 4 heteroatoms. The van der Waals surface area contributed by atoms with Crippen molar-refractivity contribution in [2.24, 2.45) is 0 Å². The number of nitrogens with one attached hydrogen (secondary N) is 1. The molecule has 1 heterocycles. The van der Waals surface area contributed by atoms with E-state index in [9.17, 15) is 9.90 Å². The van der Waals surface area contributed by atoms with Crippen molar-refractivity contribution >= 4 is 22.9 Å². The van der Waals surface area contributed by atoms with Gasteiger partial charge in [0, 0.05) is 36.1 Å². The quantitative estimate of drug-likeness (QED) is 0.368. The van der Waals surface area contributed by atoms with Gasteiger partial charge in [0.2, 0.25) is 0 Å². The van der Waals surface area contributed by atoms with E-state index < -0.39 is 5.97 Å². The Labute approximate surface area is 188 Å². The van der Waals surface area contributed by atoms with E-state index in [2.05, 4.69) is 49.2 Å². The van der Waals surface area contributed by atoms with E-state index >= 15 is 0 Å². The Morgan fingerprint density at radius 1 is 0.938 bits per heavy atom. The standard InChI is InChI=1S/C28H28N2O2/c1-4-21-10-12-23(13-11-21)18-30-26-15-20(3)7-14-24(26)25(27(30)28(31)32)17-29-16-22-8-5-19(2)6-9-22/h4-15,29H,1,16-18H2,2-3H3,(H,31,32). The molecule has 162 valence electrons. The molecular formula is C28H28N2O2. The van der Waals surface area contributed by atoms with E-state index in [-0.39, 0.29) is 0 Å². The van der Waals surface area contributed by atoms with Gasteiger partial charge in [-0.2, -0.15) is 0 Å². The molecule has 32 heavy (non-hydrogen) atoms. The van der Waals surface area contributed by atoms with Gasteiger partial charge in [-0.3, -0.25) is 0 Å². The molecule has 0 fully saturated rings. The zero-order valence-electron chi connectivity index (χ0n) is 18.6. The molecule has 0 aliphatic rings. The highest BCUT2D eigenvalue weighted by molar-refractivity contribution is 5.98. The third-order valence-electron chi connectivity index (χ3n) is 5.84. The smallest absolute Gasteiger partial charge is 0.352 e. The molecule has 0 spiro atoms. The number of aromatic nitrogens is 1. The van der Waals surface area contributed by atoms with Crippen molar-refractivity contribution in [1.29, 1.82) is 0 Å². The predicted octanol–water partition coefficient (Wildman–Crippen LogP) is 5.94. The summed E-state index contributed by atoms with van der Waals surface area (Å²) in [6.45, 7) is 9.56. The minimum atomic E-state index is -0.909. The minimum Gasteiger partial charge on any atom is -0.477 e. The summed E-state index contributed by atoms with van der Waals surface area (Å²) in [4.78, 5) is 12.4. The van der Waals surface area contributed by atoms with Gasteiger partial charge in [0.25, 0.3) is 0 Å². The van der Waals surface area contributed by atoms with Crippen LogP contribution in [0.1, 0.15) is 43.9 Å². The monoisotopic (exact) mass is 424 g/mol. The van der Waals surface area contributed by atoms with Crippen LogP contribution in [0.4, 0.5) is 0 Å². The van der Waals surface area contributed by atoms with Crippen molar-refractivity contribution in [3.8, 4) is 0 Å². The van der Waals surface area contributed by atoms with Gasteiger partial charge in [-0.05, 0) is 42.2 Å². The normalized spacial score (nSPS) is 11.1. The number of aromatic carboxylic acids is 1. The largest absolute Gasteiger partial charge is 0.477 e. The van der Waals surface area contributed by atoms with Gasteiger partial charge in [0.1, 0.15) is 5.69 Å². The highest BCUT2D eigenvalue weighted by Crippen LogP contribution is 2.29. The van der Waals surface area contributed by atoms with Crippen LogP contribution in [0.25, 0.3) is 17.0 Å². The van der Waals surface area contributed by atoms with Gasteiger partial charge in [-0.15, -0.1) is 0 Å². The van der Waals surface area contributed by atoms with Crippen molar-refractivity contribution in [2.45, 2.75) is 33.5 Å².